The topological polar surface area (TPSA) is 42.0 Å². The molecule has 1 N–H and O–H groups in total. The predicted octanol–water partition coefficient (Wildman–Crippen LogP) is 4.61. The van der Waals surface area contributed by atoms with Crippen LogP contribution in [-0.4, -0.2) is 16.3 Å². The fraction of sp³-hybridized carbons (Fsp3) is 0.231. The third kappa shape index (κ3) is 4.09. The van der Waals surface area contributed by atoms with Crippen LogP contribution in [0.15, 0.2) is 24.4 Å². The summed E-state index contributed by atoms with van der Waals surface area (Å²) in [7, 11) is 0. The number of alkyl halides is 1. The molecule has 1 atom stereocenters. The Kier molecular flexibility index (Phi) is 5.27. The molecule has 2 aromatic rings. The summed E-state index contributed by atoms with van der Waals surface area (Å²) in [5.74, 6) is -0.267. The molecule has 7 heteroatoms. The van der Waals surface area contributed by atoms with E-state index in [-0.39, 0.29) is 5.91 Å². The first-order valence-corrected chi connectivity index (χ1v) is 7.80. The van der Waals surface area contributed by atoms with Crippen LogP contribution in [0, 0.1) is 0 Å². The number of hydrogen-bond acceptors (Lipinski definition) is 3. The van der Waals surface area contributed by atoms with Gasteiger partial charge in [0.1, 0.15) is 5.38 Å². The Labute approximate surface area is 135 Å². The van der Waals surface area contributed by atoms with E-state index in [1.165, 1.54) is 11.3 Å². The van der Waals surface area contributed by atoms with E-state index in [0.29, 0.717) is 21.6 Å². The van der Waals surface area contributed by atoms with Crippen LogP contribution in [0.5, 0.6) is 0 Å². The van der Waals surface area contributed by atoms with Crippen molar-refractivity contribution in [1.82, 2.24) is 4.98 Å². The number of nitrogens with zero attached hydrogens (tertiary/aromatic N) is 1. The monoisotopic (exact) mass is 348 g/mol. The summed E-state index contributed by atoms with van der Waals surface area (Å²) in [5, 5.41) is 3.81. The lowest BCUT2D eigenvalue weighted by Gasteiger charge is -2.03. The summed E-state index contributed by atoms with van der Waals surface area (Å²) in [4.78, 5) is 16.6. The van der Waals surface area contributed by atoms with Crippen molar-refractivity contribution in [2.45, 2.75) is 18.7 Å². The van der Waals surface area contributed by atoms with E-state index in [4.69, 9.17) is 34.8 Å². The van der Waals surface area contributed by atoms with Crippen molar-refractivity contribution >= 4 is 57.2 Å². The first kappa shape index (κ1) is 15.6. The van der Waals surface area contributed by atoms with Gasteiger partial charge in [0.2, 0.25) is 5.91 Å². The fourth-order valence-corrected chi connectivity index (χ4v) is 2.87. The van der Waals surface area contributed by atoms with E-state index in [0.717, 1.165) is 10.4 Å². The highest BCUT2D eigenvalue weighted by Gasteiger charge is 2.12. The SMILES string of the molecule is CC(Cl)C(=O)Nc1ncc(Cc2ccc(Cl)cc2Cl)s1. The third-order valence-electron chi connectivity index (χ3n) is 2.52. The third-order valence-corrected chi connectivity index (χ3v) is 4.22. The minimum Gasteiger partial charge on any atom is -0.301 e. The van der Waals surface area contributed by atoms with Gasteiger partial charge >= 0.3 is 0 Å². The predicted molar refractivity (Wildman–Crippen MR) is 85.3 cm³/mol. The summed E-state index contributed by atoms with van der Waals surface area (Å²) < 4.78 is 0. The van der Waals surface area contributed by atoms with E-state index in [9.17, 15) is 4.79 Å². The van der Waals surface area contributed by atoms with Crippen LogP contribution in [0.2, 0.25) is 10.0 Å². The number of hydrogen-bond donors (Lipinski definition) is 1. The Morgan fingerprint density at radius 2 is 2.20 bits per heavy atom. The Morgan fingerprint density at radius 1 is 1.45 bits per heavy atom. The molecule has 3 nitrogen and oxygen atoms in total. The van der Waals surface area contributed by atoms with Gasteiger partial charge in [-0.25, -0.2) is 4.98 Å². The van der Waals surface area contributed by atoms with Crippen molar-refractivity contribution in [3.05, 3.63) is 44.9 Å². The number of benzene rings is 1. The largest absolute Gasteiger partial charge is 0.301 e. The van der Waals surface area contributed by atoms with Gasteiger partial charge in [0.15, 0.2) is 5.13 Å². The molecule has 0 aliphatic rings. The van der Waals surface area contributed by atoms with Crippen molar-refractivity contribution in [2.24, 2.45) is 0 Å². The lowest BCUT2D eigenvalue weighted by molar-refractivity contribution is -0.115. The Hall–Kier alpha value is -0.810. The van der Waals surface area contributed by atoms with Crippen LogP contribution in [0.1, 0.15) is 17.4 Å². The lowest BCUT2D eigenvalue weighted by atomic mass is 10.1. The summed E-state index contributed by atoms with van der Waals surface area (Å²) in [6.07, 6.45) is 2.35. The first-order valence-electron chi connectivity index (χ1n) is 5.79. The maximum absolute atomic E-state index is 11.5. The van der Waals surface area contributed by atoms with Gasteiger partial charge in [-0.3, -0.25) is 4.79 Å². The van der Waals surface area contributed by atoms with Crippen LogP contribution < -0.4 is 5.32 Å². The normalized spacial score (nSPS) is 12.2. The molecule has 0 spiro atoms. The molecule has 0 bridgehead atoms. The fourth-order valence-electron chi connectivity index (χ4n) is 1.50. The maximum Gasteiger partial charge on any atom is 0.243 e. The number of carbonyl (C=O) groups excluding carboxylic acids is 1. The standard InChI is InChI=1S/C13H11Cl3N2OS/c1-7(14)12(19)18-13-17-6-10(20-13)4-8-2-3-9(15)5-11(8)16/h2-3,5-7H,4H2,1H3,(H,17,18,19). The van der Waals surface area contributed by atoms with Crippen LogP contribution in [-0.2, 0) is 11.2 Å². The Morgan fingerprint density at radius 3 is 2.85 bits per heavy atom. The van der Waals surface area contributed by atoms with Gasteiger partial charge in [0.25, 0.3) is 0 Å². The number of amides is 1. The van der Waals surface area contributed by atoms with Gasteiger partial charge in [0.05, 0.1) is 0 Å². The van der Waals surface area contributed by atoms with Gasteiger partial charge in [0, 0.05) is 27.5 Å². The number of halogens is 3. The average Bonchev–Trinajstić information content (AvgIpc) is 2.80. The number of nitrogens with one attached hydrogen (secondary N) is 1. The summed E-state index contributed by atoms with van der Waals surface area (Å²) in [6.45, 7) is 1.61. The molecule has 20 heavy (non-hydrogen) atoms. The second-order valence-electron chi connectivity index (χ2n) is 4.15. The minimum absolute atomic E-state index is 0.267. The zero-order valence-electron chi connectivity index (χ0n) is 10.5. The first-order chi connectivity index (χ1) is 9.45. The van der Waals surface area contributed by atoms with Gasteiger partial charge < -0.3 is 5.32 Å². The molecule has 0 aliphatic heterocycles. The smallest absolute Gasteiger partial charge is 0.243 e. The number of thiazole rings is 1. The molecule has 1 amide bonds. The van der Waals surface area contributed by atoms with Crippen molar-refractivity contribution in [2.75, 3.05) is 5.32 Å². The number of carbonyl (C=O) groups is 1. The van der Waals surface area contributed by atoms with E-state index >= 15 is 0 Å². The van der Waals surface area contributed by atoms with E-state index in [1.54, 1.807) is 25.3 Å². The van der Waals surface area contributed by atoms with Crippen molar-refractivity contribution < 1.29 is 4.79 Å². The van der Waals surface area contributed by atoms with Crippen LogP contribution in [0.3, 0.4) is 0 Å². The molecule has 0 saturated carbocycles. The highest BCUT2D eigenvalue weighted by Crippen LogP contribution is 2.26. The van der Waals surface area contributed by atoms with Crippen molar-refractivity contribution in [3.63, 3.8) is 0 Å². The molecule has 0 aliphatic carbocycles. The van der Waals surface area contributed by atoms with Gasteiger partial charge in [-0.2, -0.15) is 0 Å². The molecule has 106 valence electrons. The molecule has 1 heterocycles. The zero-order valence-corrected chi connectivity index (χ0v) is 13.6. The molecule has 2 rings (SSSR count). The van der Waals surface area contributed by atoms with Gasteiger partial charge in [-0.05, 0) is 24.6 Å². The highest BCUT2D eigenvalue weighted by molar-refractivity contribution is 7.15. The second-order valence-corrected chi connectivity index (χ2v) is 6.76. The van der Waals surface area contributed by atoms with E-state index in [2.05, 4.69) is 10.3 Å². The second kappa shape index (κ2) is 6.76. The Balaban J connectivity index is 2.07. The van der Waals surface area contributed by atoms with Gasteiger partial charge in [-0.15, -0.1) is 22.9 Å². The lowest BCUT2D eigenvalue weighted by Crippen LogP contribution is -2.19. The molecule has 0 fully saturated rings. The zero-order chi connectivity index (χ0) is 14.7. The Bertz CT molecular complexity index is 628. The highest BCUT2D eigenvalue weighted by atomic mass is 35.5. The molecule has 1 aromatic heterocycles. The molecular weight excluding hydrogens is 339 g/mol. The van der Waals surface area contributed by atoms with Crippen molar-refractivity contribution in [3.8, 4) is 0 Å². The molecule has 1 aromatic carbocycles. The molecular formula is C13H11Cl3N2OS. The number of aromatic nitrogens is 1. The molecule has 0 radical (unpaired) electrons. The van der Waals surface area contributed by atoms with Gasteiger partial charge in [-0.1, -0.05) is 29.3 Å². The van der Waals surface area contributed by atoms with Crippen LogP contribution in [0.25, 0.3) is 0 Å². The summed E-state index contributed by atoms with van der Waals surface area (Å²) >= 11 is 19.1. The summed E-state index contributed by atoms with van der Waals surface area (Å²) in [6, 6.07) is 5.38. The molecule has 1 unspecified atom stereocenters. The number of rotatable bonds is 4. The van der Waals surface area contributed by atoms with E-state index in [1.807, 2.05) is 6.07 Å². The molecule has 0 saturated heterocycles. The van der Waals surface area contributed by atoms with Crippen molar-refractivity contribution in [1.29, 1.82) is 0 Å². The van der Waals surface area contributed by atoms with E-state index < -0.39 is 5.38 Å². The average molecular weight is 350 g/mol. The maximum atomic E-state index is 11.5. The quantitative estimate of drug-likeness (QED) is 0.819. The van der Waals surface area contributed by atoms with Crippen LogP contribution >= 0.6 is 46.1 Å². The van der Waals surface area contributed by atoms with Crippen LogP contribution in [0.4, 0.5) is 5.13 Å². The number of anilines is 1. The summed E-state index contributed by atoms with van der Waals surface area (Å²) in [5.41, 5.74) is 0.961. The minimum atomic E-state index is -0.590.